The minimum atomic E-state index is -0.0204. The molecule has 26 heavy (non-hydrogen) atoms. The Morgan fingerprint density at radius 1 is 1.12 bits per heavy atom. The van der Waals surface area contributed by atoms with Crippen molar-refractivity contribution in [2.75, 3.05) is 44.2 Å². The molecule has 0 atom stereocenters. The van der Waals surface area contributed by atoms with Crippen molar-refractivity contribution in [3.05, 3.63) is 29.3 Å². The van der Waals surface area contributed by atoms with Crippen LogP contribution in [0.25, 0.3) is 0 Å². The summed E-state index contributed by atoms with van der Waals surface area (Å²) in [5.74, 6) is 0.561. The molecule has 1 aromatic carbocycles. The Labute approximate surface area is 158 Å². The second kappa shape index (κ2) is 9.06. The lowest BCUT2D eigenvalue weighted by Gasteiger charge is -2.37. The van der Waals surface area contributed by atoms with Gasteiger partial charge in [-0.2, -0.15) is 0 Å². The Bertz CT molecular complexity index is 634. The minimum Gasteiger partial charge on any atom is -0.368 e. The summed E-state index contributed by atoms with van der Waals surface area (Å²) < 4.78 is 0. The number of carbonyl (C=O) groups is 2. The third-order valence-corrected chi connectivity index (χ3v) is 5.30. The van der Waals surface area contributed by atoms with Gasteiger partial charge in [0.25, 0.3) is 0 Å². The van der Waals surface area contributed by atoms with Crippen molar-refractivity contribution in [2.24, 2.45) is 5.92 Å². The number of piperazine rings is 1. The number of aryl methyl sites for hydroxylation is 1. The number of benzene rings is 1. The van der Waals surface area contributed by atoms with E-state index in [0.717, 1.165) is 19.5 Å². The van der Waals surface area contributed by atoms with Gasteiger partial charge in [0.2, 0.25) is 11.8 Å². The molecule has 1 saturated heterocycles. The molecule has 1 heterocycles. The molecule has 0 spiro atoms. The largest absolute Gasteiger partial charge is 0.368 e. The maximum Gasteiger partial charge on any atom is 0.242 e. The SMILES string of the molecule is CC(=O)N(CCC(C)C)CC(=O)N1CCN(c2cccc(C)c2C)CC1. The molecule has 1 aliphatic rings. The fourth-order valence-corrected chi connectivity index (χ4v) is 3.30. The highest BCUT2D eigenvalue weighted by Crippen LogP contribution is 2.23. The van der Waals surface area contributed by atoms with Crippen molar-refractivity contribution in [3.63, 3.8) is 0 Å². The molecular weight excluding hydrogens is 326 g/mol. The maximum absolute atomic E-state index is 12.6. The van der Waals surface area contributed by atoms with Crippen molar-refractivity contribution in [2.45, 2.75) is 41.0 Å². The smallest absolute Gasteiger partial charge is 0.242 e. The molecule has 144 valence electrons. The zero-order valence-corrected chi connectivity index (χ0v) is 16.9. The highest BCUT2D eigenvalue weighted by Gasteiger charge is 2.24. The molecule has 0 unspecified atom stereocenters. The van der Waals surface area contributed by atoms with Crippen molar-refractivity contribution < 1.29 is 9.59 Å². The lowest BCUT2D eigenvalue weighted by molar-refractivity contribution is -0.139. The number of anilines is 1. The first-order valence-electron chi connectivity index (χ1n) is 9.64. The van der Waals surface area contributed by atoms with Gasteiger partial charge in [-0.15, -0.1) is 0 Å². The molecule has 5 heteroatoms. The van der Waals surface area contributed by atoms with Crippen LogP contribution in [0, 0.1) is 19.8 Å². The van der Waals surface area contributed by atoms with Gasteiger partial charge in [0.15, 0.2) is 0 Å². The van der Waals surface area contributed by atoms with E-state index in [1.165, 1.54) is 16.8 Å². The van der Waals surface area contributed by atoms with Crippen molar-refractivity contribution in [1.82, 2.24) is 9.80 Å². The summed E-state index contributed by atoms with van der Waals surface area (Å²) in [6.45, 7) is 14.0. The maximum atomic E-state index is 12.6. The summed E-state index contributed by atoms with van der Waals surface area (Å²) in [7, 11) is 0. The monoisotopic (exact) mass is 359 g/mol. The normalized spacial score (nSPS) is 14.7. The number of nitrogens with zero attached hydrogens (tertiary/aromatic N) is 3. The van der Waals surface area contributed by atoms with Crippen LogP contribution in [-0.2, 0) is 9.59 Å². The van der Waals surface area contributed by atoms with E-state index in [2.05, 4.69) is 50.8 Å². The predicted molar refractivity (Wildman–Crippen MR) is 106 cm³/mol. The molecule has 0 bridgehead atoms. The zero-order chi connectivity index (χ0) is 19.3. The average Bonchev–Trinajstić information content (AvgIpc) is 2.60. The fraction of sp³-hybridized carbons (Fsp3) is 0.619. The second-order valence-electron chi connectivity index (χ2n) is 7.71. The number of hydrogen-bond acceptors (Lipinski definition) is 3. The van der Waals surface area contributed by atoms with Crippen LogP contribution >= 0.6 is 0 Å². The van der Waals surface area contributed by atoms with Gasteiger partial charge in [-0.1, -0.05) is 26.0 Å². The van der Waals surface area contributed by atoms with E-state index < -0.39 is 0 Å². The summed E-state index contributed by atoms with van der Waals surface area (Å²) in [5.41, 5.74) is 3.87. The molecule has 0 radical (unpaired) electrons. The average molecular weight is 360 g/mol. The lowest BCUT2D eigenvalue weighted by Crippen LogP contribution is -2.52. The Kier molecular flexibility index (Phi) is 7.06. The van der Waals surface area contributed by atoms with E-state index >= 15 is 0 Å². The van der Waals surface area contributed by atoms with Crippen LogP contribution in [0.2, 0.25) is 0 Å². The Hall–Kier alpha value is -2.04. The van der Waals surface area contributed by atoms with Crippen LogP contribution in [0.3, 0.4) is 0 Å². The Balaban J connectivity index is 1.91. The van der Waals surface area contributed by atoms with Gasteiger partial charge in [0.05, 0.1) is 6.54 Å². The lowest BCUT2D eigenvalue weighted by atomic mass is 10.1. The van der Waals surface area contributed by atoms with Crippen molar-refractivity contribution in [1.29, 1.82) is 0 Å². The van der Waals surface area contributed by atoms with Crippen LogP contribution in [-0.4, -0.2) is 60.9 Å². The van der Waals surface area contributed by atoms with Crippen LogP contribution in [0.15, 0.2) is 18.2 Å². The van der Waals surface area contributed by atoms with Crippen molar-refractivity contribution >= 4 is 17.5 Å². The van der Waals surface area contributed by atoms with E-state index in [1.807, 2.05) is 4.90 Å². The van der Waals surface area contributed by atoms with E-state index in [1.54, 1.807) is 11.8 Å². The number of carbonyl (C=O) groups excluding carboxylic acids is 2. The minimum absolute atomic E-state index is 0.0204. The zero-order valence-electron chi connectivity index (χ0n) is 16.9. The fourth-order valence-electron chi connectivity index (χ4n) is 3.30. The van der Waals surface area contributed by atoms with Gasteiger partial charge in [0.1, 0.15) is 0 Å². The topological polar surface area (TPSA) is 43.9 Å². The van der Waals surface area contributed by atoms with Crippen LogP contribution in [0.1, 0.15) is 38.3 Å². The quantitative estimate of drug-likeness (QED) is 0.784. The first-order chi connectivity index (χ1) is 12.3. The van der Waals surface area contributed by atoms with Crippen LogP contribution in [0.5, 0.6) is 0 Å². The summed E-state index contributed by atoms with van der Waals surface area (Å²) >= 11 is 0. The second-order valence-corrected chi connectivity index (χ2v) is 7.71. The summed E-state index contributed by atoms with van der Waals surface area (Å²) in [6, 6.07) is 6.38. The van der Waals surface area contributed by atoms with Gasteiger partial charge in [-0.05, 0) is 43.4 Å². The van der Waals surface area contributed by atoms with Crippen LogP contribution < -0.4 is 4.90 Å². The first kappa shape index (κ1) is 20.3. The van der Waals surface area contributed by atoms with E-state index in [0.29, 0.717) is 25.6 Å². The number of rotatable bonds is 6. The highest BCUT2D eigenvalue weighted by molar-refractivity contribution is 5.84. The first-order valence-corrected chi connectivity index (χ1v) is 9.64. The van der Waals surface area contributed by atoms with Gasteiger partial charge >= 0.3 is 0 Å². The molecule has 5 nitrogen and oxygen atoms in total. The summed E-state index contributed by atoms with van der Waals surface area (Å²) in [6.07, 6.45) is 0.924. The molecule has 2 amide bonds. The highest BCUT2D eigenvalue weighted by atomic mass is 16.2. The Morgan fingerprint density at radius 2 is 1.77 bits per heavy atom. The van der Waals surface area contributed by atoms with Gasteiger partial charge in [-0.25, -0.2) is 0 Å². The molecule has 0 aromatic heterocycles. The standard InChI is InChI=1S/C21H33N3O2/c1-16(2)9-10-24(19(5)25)15-21(26)23-13-11-22(12-14-23)20-8-6-7-17(3)18(20)4/h6-8,16H,9-15H2,1-5H3. The molecule has 2 rings (SSSR count). The molecule has 1 aromatic rings. The number of hydrogen-bond donors (Lipinski definition) is 0. The van der Waals surface area contributed by atoms with E-state index in [4.69, 9.17) is 0 Å². The van der Waals surface area contributed by atoms with Gasteiger partial charge in [0, 0.05) is 45.3 Å². The number of amides is 2. The van der Waals surface area contributed by atoms with E-state index in [9.17, 15) is 9.59 Å². The molecule has 0 aliphatic carbocycles. The van der Waals surface area contributed by atoms with E-state index in [-0.39, 0.29) is 18.4 Å². The Morgan fingerprint density at radius 3 is 2.35 bits per heavy atom. The van der Waals surface area contributed by atoms with Gasteiger partial charge in [-0.3, -0.25) is 9.59 Å². The molecule has 0 N–H and O–H groups in total. The van der Waals surface area contributed by atoms with Crippen LogP contribution in [0.4, 0.5) is 5.69 Å². The molecule has 0 saturated carbocycles. The summed E-state index contributed by atoms with van der Waals surface area (Å²) in [5, 5.41) is 0. The third-order valence-electron chi connectivity index (χ3n) is 5.30. The van der Waals surface area contributed by atoms with Crippen molar-refractivity contribution in [3.8, 4) is 0 Å². The predicted octanol–water partition coefficient (Wildman–Crippen LogP) is 2.85. The molecule has 1 aliphatic heterocycles. The summed E-state index contributed by atoms with van der Waals surface area (Å²) in [4.78, 5) is 30.4. The third kappa shape index (κ3) is 5.23. The van der Waals surface area contributed by atoms with Gasteiger partial charge < -0.3 is 14.7 Å². The molecule has 1 fully saturated rings. The molecular formula is C21H33N3O2.